The number of carbonyl (C=O) groups is 2. The Morgan fingerprint density at radius 2 is 1.96 bits per heavy atom. The molecule has 3 aromatic rings. The van der Waals surface area contributed by atoms with Gasteiger partial charge in [-0.05, 0) is 30.5 Å². The van der Waals surface area contributed by atoms with E-state index in [-0.39, 0.29) is 11.8 Å². The topological polar surface area (TPSA) is 96.9 Å². The minimum Gasteiger partial charge on any atom is -0.326 e. The maximum atomic E-state index is 12.1. The highest BCUT2D eigenvalue weighted by Gasteiger charge is 2.07. The maximum absolute atomic E-state index is 12.1. The summed E-state index contributed by atoms with van der Waals surface area (Å²) in [6.45, 7) is 1.45. The Bertz CT molecular complexity index is 982. The van der Waals surface area contributed by atoms with Crippen molar-refractivity contribution in [2.24, 2.45) is 0 Å². The van der Waals surface area contributed by atoms with Gasteiger partial charge in [0.05, 0.1) is 10.2 Å². The van der Waals surface area contributed by atoms with Crippen LogP contribution in [0, 0.1) is 0 Å². The largest absolute Gasteiger partial charge is 0.326 e. The van der Waals surface area contributed by atoms with Gasteiger partial charge >= 0.3 is 0 Å². The molecular formula is C17H15N5O2S2. The van der Waals surface area contributed by atoms with Crippen LogP contribution in [0.5, 0.6) is 0 Å². The summed E-state index contributed by atoms with van der Waals surface area (Å²) in [6.07, 6.45) is 8.26. The molecule has 0 radical (unpaired) electrons. The number of rotatable bonds is 5. The van der Waals surface area contributed by atoms with Gasteiger partial charge in [0, 0.05) is 36.6 Å². The summed E-state index contributed by atoms with van der Waals surface area (Å²) in [6, 6.07) is 5.39. The first kappa shape index (κ1) is 18.0. The van der Waals surface area contributed by atoms with Crippen LogP contribution in [0.2, 0.25) is 0 Å². The lowest BCUT2D eigenvalue weighted by Crippen LogP contribution is -2.07. The Balaban J connectivity index is 1.68. The molecule has 2 heterocycles. The van der Waals surface area contributed by atoms with Gasteiger partial charge in [0.1, 0.15) is 0 Å². The van der Waals surface area contributed by atoms with E-state index in [0.717, 1.165) is 15.8 Å². The van der Waals surface area contributed by atoms with Crippen LogP contribution in [0.1, 0.15) is 12.5 Å². The van der Waals surface area contributed by atoms with Crippen molar-refractivity contribution in [2.45, 2.75) is 12.1 Å². The molecule has 7 nitrogen and oxygen atoms in total. The average Bonchev–Trinajstić information content (AvgIpc) is 3.01. The smallest absolute Gasteiger partial charge is 0.250 e. The number of anilines is 2. The normalized spacial score (nSPS) is 11.0. The Hall–Kier alpha value is -2.78. The van der Waals surface area contributed by atoms with E-state index in [0.29, 0.717) is 16.0 Å². The number of nitrogens with one attached hydrogen (secondary N) is 2. The summed E-state index contributed by atoms with van der Waals surface area (Å²) in [5, 5.41) is 6.63. The second-order valence-corrected chi connectivity index (χ2v) is 7.01. The van der Waals surface area contributed by atoms with E-state index in [1.165, 1.54) is 36.1 Å². The van der Waals surface area contributed by atoms with Crippen molar-refractivity contribution in [3.05, 3.63) is 42.2 Å². The molecule has 0 unspecified atom stereocenters. The van der Waals surface area contributed by atoms with Gasteiger partial charge in [0.25, 0.3) is 0 Å². The number of aromatic nitrogens is 3. The molecule has 0 saturated carbocycles. The van der Waals surface area contributed by atoms with Crippen molar-refractivity contribution in [1.29, 1.82) is 0 Å². The van der Waals surface area contributed by atoms with E-state index in [1.54, 1.807) is 30.6 Å². The molecule has 0 spiro atoms. The van der Waals surface area contributed by atoms with Crippen molar-refractivity contribution in [1.82, 2.24) is 15.0 Å². The summed E-state index contributed by atoms with van der Waals surface area (Å²) in [5.74, 6) is -0.429. The van der Waals surface area contributed by atoms with Crippen LogP contribution in [0.4, 0.5) is 10.8 Å². The number of amides is 2. The van der Waals surface area contributed by atoms with Gasteiger partial charge in [-0.25, -0.2) is 15.0 Å². The first-order valence-electron chi connectivity index (χ1n) is 7.57. The molecular weight excluding hydrogens is 370 g/mol. The molecule has 2 aromatic heterocycles. The molecule has 0 fully saturated rings. The van der Waals surface area contributed by atoms with Gasteiger partial charge in [-0.2, -0.15) is 0 Å². The van der Waals surface area contributed by atoms with Crippen molar-refractivity contribution < 1.29 is 9.59 Å². The van der Waals surface area contributed by atoms with Crippen LogP contribution < -0.4 is 10.6 Å². The molecule has 2 N–H and O–H groups in total. The summed E-state index contributed by atoms with van der Waals surface area (Å²) in [7, 11) is 0. The van der Waals surface area contributed by atoms with E-state index in [4.69, 9.17) is 0 Å². The van der Waals surface area contributed by atoms with Crippen LogP contribution in [-0.4, -0.2) is 33.0 Å². The van der Waals surface area contributed by atoms with Crippen LogP contribution in [-0.2, 0) is 9.59 Å². The van der Waals surface area contributed by atoms with Crippen molar-refractivity contribution in [3.8, 4) is 0 Å². The molecule has 9 heteroatoms. The highest BCUT2D eigenvalue weighted by atomic mass is 32.2. The van der Waals surface area contributed by atoms with Crippen LogP contribution in [0.3, 0.4) is 0 Å². The molecule has 2 amide bonds. The van der Waals surface area contributed by atoms with Gasteiger partial charge in [-0.15, -0.1) is 0 Å². The molecule has 0 saturated heterocycles. The second kappa shape index (κ2) is 8.07. The number of hydrogen-bond donors (Lipinski definition) is 2. The van der Waals surface area contributed by atoms with Crippen LogP contribution in [0.25, 0.3) is 16.3 Å². The fourth-order valence-electron chi connectivity index (χ4n) is 2.10. The van der Waals surface area contributed by atoms with Gasteiger partial charge in [0.2, 0.25) is 11.8 Å². The zero-order valence-electron chi connectivity index (χ0n) is 14.0. The summed E-state index contributed by atoms with van der Waals surface area (Å²) in [5.41, 5.74) is 2.19. The fraction of sp³-hybridized carbons (Fsp3) is 0.118. The zero-order valence-corrected chi connectivity index (χ0v) is 15.6. The van der Waals surface area contributed by atoms with Gasteiger partial charge < -0.3 is 5.32 Å². The maximum Gasteiger partial charge on any atom is 0.250 e. The third-order valence-corrected chi connectivity index (χ3v) is 4.71. The van der Waals surface area contributed by atoms with E-state index < -0.39 is 0 Å². The Kier molecular flexibility index (Phi) is 5.59. The summed E-state index contributed by atoms with van der Waals surface area (Å²) < 4.78 is 0.872. The molecule has 0 aliphatic carbocycles. The lowest BCUT2D eigenvalue weighted by Gasteiger charge is -1.99. The predicted octanol–water partition coefficient (Wildman–Crippen LogP) is 3.42. The zero-order chi connectivity index (χ0) is 18.5. The predicted molar refractivity (Wildman–Crippen MR) is 105 cm³/mol. The first-order valence-corrected chi connectivity index (χ1v) is 9.61. The molecule has 0 bridgehead atoms. The number of thioether (sulfide) groups is 1. The molecule has 26 heavy (non-hydrogen) atoms. The lowest BCUT2D eigenvalue weighted by molar-refractivity contribution is -0.114. The van der Waals surface area contributed by atoms with Crippen LogP contribution in [0.15, 0.2) is 41.8 Å². The van der Waals surface area contributed by atoms with E-state index in [2.05, 4.69) is 25.6 Å². The van der Waals surface area contributed by atoms with Crippen molar-refractivity contribution >= 4 is 62.0 Å². The molecule has 1 aromatic carbocycles. The number of thiazole rings is 1. The van der Waals surface area contributed by atoms with E-state index >= 15 is 0 Å². The third kappa shape index (κ3) is 4.64. The van der Waals surface area contributed by atoms with Gasteiger partial charge in [0.15, 0.2) is 10.3 Å². The SMILES string of the molecule is CSc1ncc(/C=C/C(=O)Nc2nc3ccc(NC(C)=O)cc3s2)cn1. The summed E-state index contributed by atoms with van der Waals surface area (Å²) >= 11 is 2.79. The molecule has 3 rings (SSSR count). The monoisotopic (exact) mass is 385 g/mol. The fourth-order valence-corrected chi connectivity index (χ4v) is 3.32. The standard InChI is InChI=1S/C17H15N5O2S2/c1-10(23)20-12-4-5-13-14(7-12)26-17(21-13)22-15(24)6-3-11-8-18-16(25-2)19-9-11/h3-9H,1-2H3,(H,20,23)(H,21,22,24)/b6-3+. The number of fused-ring (bicyclic) bond motifs is 1. The number of hydrogen-bond acceptors (Lipinski definition) is 7. The number of nitrogens with zero attached hydrogens (tertiary/aromatic N) is 3. The molecule has 0 aliphatic heterocycles. The highest BCUT2D eigenvalue weighted by molar-refractivity contribution is 7.98. The highest BCUT2D eigenvalue weighted by Crippen LogP contribution is 2.28. The Labute approximate surface area is 158 Å². The molecule has 0 aliphatic rings. The van der Waals surface area contributed by atoms with E-state index in [9.17, 15) is 9.59 Å². The first-order chi connectivity index (χ1) is 12.5. The second-order valence-electron chi connectivity index (χ2n) is 5.21. The van der Waals surface area contributed by atoms with Crippen molar-refractivity contribution in [2.75, 3.05) is 16.9 Å². The van der Waals surface area contributed by atoms with Crippen LogP contribution >= 0.6 is 23.1 Å². The molecule has 0 atom stereocenters. The number of benzene rings is 1. The van der Waals surface area contributed by atoms with E-state index in [1.807, 2.05) is 12.3 Å². The lowest BCUT2D eigenvalue weighted by atomic mass is 10.3. The average molecular weight is 385 g/mol. The molecule has 132 valence electrons. The van der Waals surface area contributed by atoms with Crippen molar-refractivity contribution in [3.63, 3.8) is 0 Å². The Morgan fingerprint density at radius 1 is 1.19 bits per heavy atom. The Morgan fingerprint density at radius 3 is 2.65 bits per heavy atom. The quantitative estimate of drug-likeness (QED) is 0.397. The minimum absolute atomic E-state index is 0.137. The van der Waals surface area contributed by atoms with Gasteiger partial charge in [-0.1, -0.05) is 23.1 Å². The third-order valence-electron chi connectivity index (χ3n) is 3.20. The summed E-state index contributed by atoms with van der Waals surface area (Å²) in [4.78, 5) is 35.8. The number of carbonyl (C=O) groups excluding carboxylic acids is 2. The van der Waals surface area contributed by atoms with Gasteiger partial charge in [-0.3, -0.25) is 14.9 Å². The minimum atomic E-state index is -0.292.